The molecule has 3 amide bonds. The summed E-state index contributed by atoms with van der Waals surface area (Å²) < 4.78 is 0. The van der Waals surface area contributed by atoms with Gasteiger partial charge in [-0.25, -0.2) is 4.79 Å². The molecule has 0 radical (unpaired) electrons. The SMILES string of the molecule is CC[C@H](C)[C@H](N)C(=O)N[C@@H](CO)C(=O)NCC(=O)N[C@@H](CC(C)C)C(=O)O. The summed E-state index contributed by atoms with van der Waals surface area (Å²) >= 11 is 0. The highest BCUT2D eigenvalue weighted by molar-refractivity contribution is 5.92. The molecule has 0 heterocycles. The van der Waals surface area contributed by atoms with Crippen molar-refractivity contribution < 1.29 is 29.4 Å². The van der Waals surface area contributed by atoms with Crippen molar-refractivity contribution in [1.29, 1.82) is 0 Å². The maximum absolute atomic E-state index is 12.1. The molecule has 0 aliphatic carbocycles. The fourth-order valence-electron chi connectivity index (χ4n) is 2.20. The lowest BCUT2D eigenvalue weighted by molar-refractivity contribution is -0.142. The Hall–Kier alpha value is -2.20. The maximum Gasteiger partial charge on any atom is 0.326 e. The first-order valence-electron chi connectivity index (χ1n) is 9.00. The summed E-state index contributed by atoms with van der Waals surface area (Å²) in [5.41, 5.74) is 5.77. The van der Waals surface area contributed by atoms with Crippen LogP contribution in [0.1, 0.15) is 40.5 Å². The molecule has 4 atom stereocenters. The van der Waals surface area contributed by atoms with Crippen molar-refractivity contribution in [3.8, 4) is 0 Å². The van der Waals surface area contributed by atoms with Crippen LogP contribution in [0, 0.1) is 11.8 Å². The number of hydrogen-bond acceptors (Lipinski definition) is 6. The Morgan fingerprint density at radius 1 is 1.00 bits per heavy atom. The Bertz CT molecular complexity index is 526. The van der Waals surface area contributed by atoms with Crippen molar-refractivity contribution in [3.05, 3.63) is 0 Å². The molecule has 156 valence electrons. The highest BCUT2D eigenvalue weighted by Gasteiger charge is 2.26. The standard InChI is InChI=1S/C17H32N4O6/c1-5-10(4)14(18)16(25)21-12(8-22)15(24)19-7-13(23)20-11(17(26)27)6-9(2)3/h9-12,14,22H,5-8,18H2,1-4H3,(H,19,24)(H,20,23)(H,21,25)(H,26,27)/t10-,11-,12-,14-/m0/s1. The Labute approximate surface area is 159 Å². The van der Waals surface area contributed by atoms with E-state index in [9.17, 15) is 24.3 Å². The van der Waals surface area contributed by atoms with E-state index in [-0.39, 0.29) is 18.3 Å². The second-order valence-corrected chi connectivity index (χ2v) is 6.96. The van der Waals surface area contributed by atoms with Gasteiger partial charge < -0.3 is 31.9 Å². The molecule has 0 fully saturated rings. The maximum atomic E-state index is 12.1. The van der Waals surface area contributed by atoms with Gasteiger partial charge in [0.25, 0.3) is 0 Å². The zero-order chi connectivity index (χ0) is 21.1. The van der Waals surface area contributed by atoms with Crippen molar-refractivity contribution in [1.82, 2.24) is 16.0 Å². The molecule has 0 saturated carbocycles. The van der Waals surface area contributed by atoms with Crippen LogP contribution >= 0.6 is 0 Å². The quantitative estimate of drug-likeness (QED) is 0.238. The lowest BCUT2D eigenvalue weighted by Crippen LogP contribution is -2.55. The lowest BCUT2D eigenvalue weighted by Gasteiger charge is -2.22. The zero-order valence-corrected chi connectivity index (χ0v) is 16.3. The molecule has 0 bridgehead atoms. The normalized spacial score (nSPS) is 15.4. The van der Waals surface area contributed by atoms with Crippen LogP contribution in [-0.4, -0.2) is 65.2 Å². The lowest BCUT2D eigenvalue weighted by atomic mass is 9.99. The second kappa shape index (κ2) is 12.2. The number of nitrogens with one attached hydrogen (secondary N) is 3. The van der Waals surface area contributed by atoms with Gasteiger partial charge in [0.2, 0.25) is 17.7 Å². The van der Waals surface area contributed by atoms with E-state index in [1.807, 2.05) is 20.8 Å². The van der Waals surface area contributed by atoms with Gasteiger partial charge in [-0.1, -0.05) is 34.1 Å². The van der Waals surface area contributed by atoms with Crippen LogP contribution < -0.4 is 21.7 Å². The summed E-state index contributed by atoms with van der Waals surface area (Å²) in [7, 11) is 0. The minimum Gasteiger partial charge on any atom is -0.480 e. The van der Waals surface area contributed by atoms with Gasteiger partial charge in [0.1, 0.15) is 12.1 Å². The highest BCUT2D eigenvalue weighted by atomic mass is 16.4. The first-order chi connectivity index (χ1) is 12.5. The van der Waals surface area contributed by atoms with E-state index in [1.165, 1.54) is 0 Å². The number of aliphatic carboxylic acids is 1. The summed E-state index contributed by atoms with van der Waals surface area (Å²) in [4.78, 5) is 47.0. The number of rotatable bonds is 12. The van der Waals surface area contributed by atoms with Crippen LogP contribution in [0.3, 0.4) is 0 Å². The number of nitrogens with two attached hydrogens (primary N) is 1. The molecule has 7 N–H and O–H groups in total. The zero-order valence-electron chi connectivity index (χ0n) is 16.3. The number of carbonyl (C=O) groups excluding carboxylic acids is 3. The molecule has 0 aliphatic heterocycles. The van der Waals surface area contributed by atoms with Crippen molar-refractivity contribution >= 4 is 23.7 Å². The summed E-state index contributed by atoms with van der Waals surface area (Å²) in [6.07, 6.45) is 0.920. The van der Waals surface area contributed by atoms with Gasteiger partial charge in [0.15, 0.2) is 0 Å². The number of aliphatic hydroxyl groups excluding tert-OH is 1. The molecule has 10 nitrogen and oxygen atoms in total. The molecule has 0 saturated heterocycles. The molecule has 0 unspecified atom stereocenters. The third-order valence-corrected chi connectivity index (χ3v) is 4.14. The van der Waals surface area contributed by atoms with Crippen LogP contribution in [0.5, 0.6) is 0 Å². The number of carbonyl (C=O) groups is 4. The number of carboxylic acids is 1. The molecule has 0 aromatic rings. The van der Waals surface area contributed by atoms with Gasteiger partial charge in [-0.2, -0.15) is 0 Å². The Morgan fingerprint density at radius 3 is 2.04 bits per heavy atom. The number of amides is 3. The van der Waals surface area contributed by atoms with Crippen LogP contribution in [-0.2, 0) is 19.2 Å². The predicted molar refractivity (Wildman–Crippen MR) is 98.5 cm³/mol. The van der Waals surface area contributed by atoms with E-state index in [4.69, 9.17) is 10.8 Å². The monoisotopic (exact) mass is 388 g/mol. The Kier molecular flexibility index (Phi) is 11.2. The van der Waals surface area contributed by atoms with Crippen molar-refractivity contribution in [2.75, 3.05) is 13.2 Å². The van der Waals surface area contributed by atoms with E-state index in [0.717, 1.165) is 0 Å². The number of hydrogen-bond donors (Lipinski definition) is 6. The van der Waals surface area contributed by atoms with Gasteiger partial charge >= 0.3 is 5.97 Å². The Morgan fingerprint density at radius 2 is 1.59 bits per heavy atom. The molecule has 27 heavy (non-hydrogen) atoms. The van der Waals surface area contributed by atoms with Gasteiger partial charge in [-0.15, -0.1) is 0 Å². The van der Waals surface area contributed by atoms with Gasteiger partial charge in [0, 0.05) is 0 Å². The minimum absolute atomic E-state index is 0.0599. The van der Waals surface area contributed by atoms with E-state index >= 15 is 0 Å². The largest absolute Gasteiger partial charge is 0.480 e. The molecule has 0 rings (SSSR count). The van der Waals surface area contributed by atoms with Crippen molar-refractivity contribution in [2.24, 2.45) is 17.6 Å². The number of aliphatic hydroxyl groups is 1. The fourth-order valence-corrected chi connectivity index (χ4v) is 2.20. The average Bonchev–Trinajstić information content (AvgIpc) is 2.61. The van der Waals surface area contributed by atoms with Crippen LogP contribution in [0.15, 0.2) is 0 Å². The van der Waals surface area contributed by atoms with Crippen LogP contribution in [0.2, 0.25) is 0 Å². The summed E-state index contributed by atoms with van der Waals surface area (Å²) in [5, 5.41) is 25.3. The first kappa shape index (κ1) is 24.8. The van der Waals surface area contributed by atoms with E-state index in [2.05, 4.69) is 16.0 Å². The summed E-state index contributed by atoms with van der Waals surface area (Å²) in [5.74, 6) is -3.24. The molecule has 0 aliphatic rings. The second-order valence-electron chi connectivity index (χ2n) is 6.96. The topological polar surface area (TPSA) is 171 Å². The van der Waals surface area contributed by atoms with Crippen LogP contribution in [0.4, 0.5) is 0 Å². The van der Waals surface area contributed by atoms with E-state index < -0.39 is 55.0 Å². The third kappa shape index (κ3) is 9.34. The average molecular weight is 388 g/mol. The summed E-state index contributed by atoms with van der Waals surface area (Å²) in [6, 6.07) is -3.14. The molecular formula is C17H32N4O6. The van der Waals surface area contributed by atoms with Gasteiger partial charge in [-0.3, -0.25) is 14.4 Å². The molecule has 0 aromatic heterocycles. The molecule has 0 spiro atoms. The number of carboxylic acid groups (broad SMARTS) is 1. The van der Waals surface area contributed by atoms with Gasteiger partial charge in [0.05, 0.1) is 19.2 Å². The van der Waals surface area contributed by atoms with Crippen LogP contribution in [0.25, 0.3) is 0 Å². The first-order valence-corrected chi connectivity index (χ1v) is 9.00. The molecule has 0 aromatic carbocycles. The third-order valence-electron chi connectivity index (χ3n) is 4.14. The molecular weight excluding hydrogens is 356 g/mol. The minimum atomic E-state index is -1.26. The van der Waals surface area contributed by atoms with E-state index in [0.29, 0.717) is 6.42 Å². The predicted octanol–water partition coefficient (Wildman–Crippen LogP) is -1.43. The van der Waals surface area contributed by atoms with Crippen molar-refractivity contribution in [2.45, 2.75) is 58.7 Å². The van der Waals surface area contributed by atoms with E-state index in [1.54, 1.807) is 6.92 Å². The Balaban J connectivity index is 4.61. The highest BCUT2D eigenvalue weighted by Crippen LogP contribution is 2.06. The smallest absolute Gasteiger partial charge is 0.326 e. The van der Waals surface area contributed by atoms with Crippen molar-refractivity contribution in [3.63, 3.8) is 0 Å². The summed E-state index contributed by atoms with van der Waals surface area (Å²) in [6.45, 7) is 6.15. The van der Waals surface area contributed by atoms with Gasteiger partial charge in [-0.05, 0) is 18.3 Å². The fraction of sp³-hybridized carbons (Fsp3) is 0.765. The molecule has 10 heteroatoms.